The summed E-state index contributed by atoms with van der Waals surface area (Å²) >= 11 is 0. The standard InChI is InChI=1S/C23H24FN5O2/c24-19-15-17(7-9-20(19)31-18-5-4-12-25-16-18)8-10-23(30)26-13-11-22-28-27-21-6-2-1-3-14-29(21)22/h4-5,7-10,12,15-16H,1-3,6,11,13-14H2,(H,26,30)/b10-8+. The van der Waals surface area contributed by atoms with E-state index in [-0.39, 0.29) is 11.7 Å². The van der Waals surface area contributed by atoms with Crippen LogP contribution in [0.25, 0.3) is 6.08 Å². The van der Waals surface area contributed by atoms with Gasteiger partial charge in [-0.25, -0.2) is 4.39 Å². The highest BCUT2D eigenvalue weighted by Crippen LogP contribution is 2.24. The summed E-state index contributed by atoms with van der Waals surface area (Å²) in [6.07, 6.45) is 11.2. The minimum atomic E-state index is -0.515. The Labute approximate surface area is 180 Å². The first kappa shape index (κ1) is 20.7. The van der Waals surface area contributed by atoms with Crippen molar-refractivity contribution in [1.29, 1.82) is 0 Å². The minimum absolute atomic E-state index is 0.0991. The van der Waals surface area contributed by atoms with E-state index < -0.39 is 5.82 Å². The number of nitrogens with one attached hydrogen (secondary N) is 1. The summed E-state index contributed by atoms with van der Waals surface area (Å²) in [6, 6.07) is 7.94. The molecule has 1 aromatic carbocycles. The smallest absolute Gasteiger partial charge is 0.244 e. The van der Waals surface area contributed by atoms with Crippen LogP contribution in [0.2, 0.25) is 0 Å². The number of benzene rings is 1. The molecule has 0 radical (unpaired) electrons. The fraction of sp³-hybridized carbons (Fsp3) is 0.304. The Kier molecular flexibility index (Phi) is 6.66. The van der Waals surface area contributed by atoms with E-state index in [2.05, 4.69) is 25.1 Å². The number of ether oxygens (including phenoxy) is 1. The van der Waals surface area contributed by atoms with E-state index in [0.29, 0.717) is 24.3 Å². The molecule has 31 heavy (non-hydrogen) atoms. The van der Waals surface area contributed by atoms with E-state index in [9.17, 15) is 9.18 Å². The van der Waals surface area contributed by atoms with Gasteiger partial charge in [-0.15, -0.1) is 10.2 Å². The van der Waals surface area contributed by atoms with Crippen LogP contribution in [0.1, 0.15) is 36.5 Å². The first-order valence-electron chi connectivity index (χ1n) is 10.4. The molecule has 4 rings (SSSR count). The Bertz CT molecular complexity index is 1070. The molecular formula is C23H24FN5O2. The van der Waals surface area contributed by atoms with Gasteiger partial charge >= 0.3 is 0 Å². The molecule has 1 aliphatic rings. The van der Waals surface area contributed by atoms with Gasteiger partial charge in [0.25, 0.3) is 0 Å². The molecule has 0 saturated heterocycles. The van der Waals surface area contributed by atoms with Gasteiger partial charge in [0.05, 0.1) is 6.20 Å². The van der Waals surface area contributed by atoms with Crippen LogP contribution < -0.4 is 10.1 Å². The third kappa shape index (κ3) is 5.53. The van der Waals surface area contributed by atoms with Crippen molar-refractivity contribution < 1.29 is 13.9 Å². The molecule has 0 spiro atoms. The SMILES string of the molecule is O=C(/C=C/c1ccc(Oc2cccnc2)c(F)c1)NCCc1nnc2n1CCCCC2. The molecule has 0 aliphatic carbocycles. The second-order valence-electron chi connectivity index (χ2n) is 7.35. The number of amides is 1. The zero-order chi connectivity index (χ0) is 21.5. The summed E-state index contributed by atoms with van der Waals surface area (Å²) in [6.45, 7) is 1.41. The number of fused-ring (bicyclic) bond motifs is 1. The highest BCUT2D eigenvalue weighted by atomic mass is 19.1. The number of halogens is 1. The van der Waals surface area contributed by atoms with Crippen LogP contribution in [0, 0.1) is 5.82 Å². The molecule has 1 amide bonds. The fourth-order valence-corrected chi connectivity index (χ4v) is 3.50. The number of nitrogens with zero attached hydrogens (tertiary/aromatic N) is 4. The van der Waals surface area contributed by atoms with Gasteiger partial charge in [-0.1, -0.05) is 12.5 Å². The summed E-state index contributed by atoms with van der Waals surface area (Å²) in [5.41, 5.74) is 0.564. The van der Waals surface area contributed by atoms with Gasteiger partial charge in [0.15, 0.2) is 11.6 Å². The molecule has 3 heterocycles. The highest BCUT2D eigenvalue weighted by Gasteiger charge is 2.14. The van der Waals surface area contributed by atoms with Crippen molar-refractivity contribution in [1.82, 2.24) is 25.1 Å². The lowest BCUT2D eigenvalue weighted by Gasteiger charge is -2.07. The van der Waals surface area contributed by atoms with Gasteiger partial charge in [0, 0.05) is 38.2 Å². The maximum atomic E-state index is 14.3. The number of carbonyl (C=O) groups is 1. The molecule has 1 aliphatic heterocycles. The van der Waals surface area contributed by atoms with E-state index in [1.807, 2.05) is 0 Å². The van der Waals surface area contributed by atoms with Crippen molar-refractivity contribution in [2.75, 3.05) is 6.54 Å². The Morgan fingerprint density at radius 3 is 3.00 bits per heavy atom. The number of hydrogen-bond acceptors (Lipinski definition) is 5. The fourth-order valence-electron chi connectivity index (χ4n) is 3.50. The molecule has 0 bridgehead atoms. The third-order valence-electron chi connectivity index (χ3n) is 5.08. The number of hydrogen-bond donors (Lipinski definition) is 1. The lowest BCUT2D eigenvalue weighted by molar-refractivity contribution is -0.116. The Balaban J connectivity index is 1.28. The van der Waals surface area contributed by atoms with Crippen molar-refractivity contribution in [2.24, 2.45) is 0 Å². The molecule has 160 valence electrons. The average Bonchev–Trinajstić information content (AvgIpc) is 3.00. The second-order valence-corrected chi connectivity index (χ2v) is 7.35. The van der Waals surface area contributed by atoms with E-state index in [1.165, 1.54) is 30.8 Å². The van der Waals surface area contributed by atoms with Crippen LogP contribution in [0.3, 0.4) is 0 Å². The van der Waals surface area contributed by atoms with Crippen LogP contribution in [0.4, 0.5) is 4.39 Å². The number of pyridine rings is 1. The van der Waals surface area contributed by atoms with Crippen LogP contribution in [-0.4, -0.2) is 32.2 Å². The number of carbonyl (C=O) groups excluding carboxylic acids is 1. The topological polar surface area (TPSA) is 81.9 Å². The molecular weight excluding hydrogens is 397 g/mol. The van der Waals surface area contributed by atoms with Crippen LogP contribution in [0.5, 0.6) is 11.5 Å². The molecule has 3 aromatic rings. The van der Waals surface area contributed by atoms with Gasteiger partial charge in [0.1, 0.15) is 17.4 Å². The van der Waals surface area contributed by atoms with E-state index >= 15 is 0 Å². The van der Waals surface area contributed by atoms with E-state index in [1.54, 1.807) is 30.5 Å². The third-order valence-corrected chi connectivity index (χ3v) is 5.08. The van der Waals surface area contributed by atoms with E-state index in [0.717, 1.165) is 37.5 Å². The first-order chi connectivity index (χ1) is 15.2. The second kappa shape index (κ2) is 9.97. The normalized spacial score (nSPS) is 13.6. The lowest BCUT2D eigenvalue weighted by Crippen LogP contribution is -2.24. The summed E-state index contributed by atoms with van der Waals surface area (Å²) < 4.78 is 21.9. The summed E-state index contributed by atoms with van der Waals surface area (Å²) in [4.78, 5) is 16.0. The van der Waals surface area contributed by atoms with Gasteiger partial charge < -0.3 is 14.6 Å². The molecule has 1 N–H and O–H groups in total. The number of aromatic nitrogens is 4. The molecule has 0 atom stereocenters. The molecule has 8 heteroatoms. The Morgan fingerprint density at radius 2 is 2.16 bits per heavy atom. The quantitative estimate of drug-likeness (QED) is 0.588. The molecule has 0 saturated carbocycles. The zero-order valence-electron chi connectivity index (χ0n) is 17.1. The Hall–Kier alpha value is -3.55. The maximum Gasteiger partial charge on any atom is 0.244 e. The van der Waals surface area contributed by atoms with Crippen molar-refractivity contribution in [3.05, 3.63) is 71.8 Å². The summed E-state index contributed by atoms with van der Waals surface area (Å²) in [5, 5.41) is 11.4. The van der Waals surface area contributed by atoms with Crippen molar-refractivity contribution in [2.45, 2.75) is 38.6 Å². The van der Waals surface area contributed by atoms with Crippen LogP contribution in [0.15, 0.2) is 48.8 Å². The maximum absolute atomic E-state index is 14.3. The van der Waals surface area contributed by atoms with Gasteiger partial charge in [-0.3, -0.25) is 9.78 Å². The van der Waals surface area contributed by atoms with Crippen molar-refractivity contribution in [3.8, 4) is 11.5 Å². The lowest BCUT2D eigenvalue weighted by atomic mass is 10.2. The molecule has 7 nitrogen and oxygen atoms in total. The Morgan fingerprint density at radius 1 is 1.23 bits per heavy atom. The summed E-state index contributed by atoms with van der Waals surface area (Å²) in [5.74, 6) is 1.74. The van der Waals surface area contributed by atoms with E-state index in [4.69, 9.17) is 4.74 Å². The number of rotatable bonds is 7. The molecule has 2 aromatic heterocycles. The zero-order valence-corrected chi connectivity index (χ0v) is 17.1. The van der Waals surface area contributed by atoms with Gasteiger partial charge in [0.2, 0.25) is 5.91 Å². The minimum Gasteiger partial charge on any atom is -0.453 e. The van der Waals surface area contributed by atoms with Gasteiger partial charge in [-0.2, -0.15) is 0 Å². The number of aryl methyl sites for hydroxylation is 1. The van der Waals surface area contributed by atoms with Crippen LogP contribution in [-0.2, 0) is 24.2 Å². The molecule has 0 fully saturated rings. The summed E-state index contributed by atoms with van der Waals surface area (Å²) in [7, 11) is 0. The first-order valence-corrected chi connectivity index (χ1v) is 10.4. The largest absolute Gasteiger partial charge is 0.453 e. The highest BCUT2D eigenvalue weighted by molar-refractivity contribution is 5.91. The predicted molar refractivity (Wildman–Crippen MR) is 114 cm³/mol. The van der Waals surface area contributed by atoms with Gasteiger partial charge in [-0.05, 0) is 48.7 Å². The molecule has 0 unspecified atom stereocenters. The van der Waals surface area contributed by atoms with Crippen molar-refractivity contribution in [3.63, 3.8) is 0 Å². The van der Waals surface area contributed by atoms with Crippen molar-refractivity contribution >= 4 is 12.0 Å². The van der Waals surface area contributed by atoms with Crippen LogP contribution >= 0.6 is 0 Å². The predicted octanol–water partition coefficient (Wildman–Crippen LogP) is 3.70. The average molecular weight is 421 g/mol. The monoisotopic (exact) mass is 421 g/mol.